The SMILES string of the molecule is Cn1ccnc1CNC(=O)OCC1CCc2c(sc(NC(=O)C=Cc3ccoc3)c2C#N)C1. The lowest BCUT2D eigenvalue weighted by atomic mass is 9.88. The van der Waals surface area contributed by atoms with Crippen molar-refractivity contribution in [3.8, 4) is 6.07 Å². The lowest BCUT2D eigenvalue weighted by Gasteiger charge is -2.21. The Morgan fingerprint density at radius 2 is 2.36 bits per heavy atom. The number of nitrogens with one attached hydrogen (secondary N) is 2. The van der Waals surface area contributed by atoms with Crippen molar-refractivity contribution < 1.29 is 18.7 Å². The highest BCUT2D eigenvalue weighted by atomic mass is 32.1. The number of thiophene rings is 1. The van der Waals surface area contributed by atoms with E-state index in [0.29, 0.717) is 36.6 Å². The van der Waals surface area contributed by atoms with Gasteiger partial charge in [-0.25, -0.2) is 9.78 Å². The number of rotatable bonds is 7. The normalized spacial score (nSPS) is 15.1. The van der Waals surface area contributed by atoms with E-state index in [1.54, 1.807) is 18.3 Å². The number of carbonyl (C=O) groups excluding carboxylic acids is 2. The number of furan rings is 1. The van der Waals surface area contributed by atoms with Gasteiger partial charge in [-0.3, -0.25) is 4.79 Å². The van der Waals surface area contributed by atoms with Gasteiger partial charge in [0, 0.05) is 36.0 Å². The Kier molecular flexibility index (Phi) is 6.90. The van der Waals surface area contributed by atoms with Crippen LogP contribution in [-0.4, -0.2) is 28.2 Å². The van der Waals surface area contributed by atoms with E-state index in [4.69, 9.17) is 9.15 Å². The van der Waals surface area contributed by atoms with Gasteiger partial charge in [-0.15, -0.1) is 11.3 Å². The first-order valence-corrected chi connectivity index (χ1v) is 11.3. The third-order valence-electron chi connectivity index (χ3n) is 5.45. The number of hydrogen-bond donors (Lipinski definition) is 2. The summed E-state index contributed by atoms with van der Waals surface area (Å²) in [6.45, 7) is 0.590. The second-order valence-corrected chi connectivity index (χ2v) is 8.82. The van der Waals surface area contributed by atoms with Gasteiger partial charge in [0.1, 0.15) is 16.9 Å². The number of amides is 2. The Morgan fingerprint density at radius 3 is 3.09 bits per heavy atom. The number of anilines is 1. The van der Waals surface area contributed by atoms with Crippen LogP contribution >= 0.6 is 11.3 Å². The number of ether oxygens (including phenoxy) is 1. The Morgan fingerprint density at radius 1 is 1.48 bits per heavy atom. The van der Waals surface area contributed by atoms with Gasteiger partial charge in [-0.2, -0.15) is 5.26 Å². The number of carbonyl (C=O) groups is 2. The first-order chi connectivity index (χ1) is 16.0. The van der Waals surface area contributed by atoms with Crippen LogP contribution in [0.2, 0.25) is 0 Å². The van der Waals surface area contributed by atoms with Crippen molar-refractivity contribution in [2.24, 2.45) is 13.0 Å². The minimum Gasteiger partial charge on any atom is -0.472 e. The van der Waals surface area contributed by atoms with Crippen LogP contribution in [0.25, 0.3) is 6.08 Å². The monoisotopic (exact) mass is 465 g/mol. The average Bonchev–Trinajstić information content (AvgIpc) is 3.54. The number of imidazole rings is 1. The molecule has 3 aromatic heterocycles. The molecule has 1 atom stereocenters. The van der Waals surface area contributed by atoms with E-state index in [0.717, 1.165) is 28.2 Å². The van der Waals surface area contributed by atoms with Gasteiger partial charge < -0.3 is 24.4 Å². The first-order valence-electron chi connectivity index (χ1n) is 10.5. The number of alkyl carbamates (subject to hydrolysis) is 1. The summed E-state index contributed by atoms with van der Waals surface area (Å²) in [5, 5.41) is 15.7. The fourth-order valence-corrected chi connectivity index (χ4v) is 4.98. The molecule has 0 aliphatic heterocycles. The van der Waals surface area contributed by atoms with Crippen molar-refractivity contribution in [1.29, 1.82) is 5.26 Å². The summed E-state index contributed by atoms with van der Waals surface area (Å²) in [4.78, 5) is 29.5. The molecule has 0 bridgehead atoms. The lowest BCUT2D eigenvalue weighted by molar-refractivity contribution is -0.111. The van der Waals surface area contributed by atoms with Crippen molar-refractivity contribution in [3.05, 3.63) is 64.5 Å². The molecule has 0 saturated carbocycles. The maximum Gasteiger partial charge on any atom is 0.407 e. The summed E-state index contributed by atoms with van der Waals surface area (Å²) in [6.07, 6.45) is 11.3. The van der Waals surface area contributed by atoms with Crippen molar-refractivity contribution in [2.45, 2.75) is 25.8 Å². The van der Waals surface area contributed by atoms with E-state index in [1.807, 2.05) is 17.8 Å². The highest BCUT2D eigenvalue weighted by Gasteiger charge is 2.27. The number of fused-ring (bicyclic) bond motifs is 1. The summed E-state index contributed by atoms with van der Waals surface area (Å²) >= 11 is 1.41. The topological polar surface area (TPSA) is 122 Å². The molecular weight excluding hydrogens is 442 g/mol. The predicted molar refractivity (Wildman–Crippen MR) is 122 cm³/mol. The van der Waals surface area contributed by atoms with Gasteiger partial charge in [0.2, 0.25) is 5.91 Å². The molecule has 2 amide bonds. The fraction of sp³-hybridized carbons (Fsp3) is 0.304. The number of aryl methyl sites for hydroxylation is 1. The van der Waals surface area contributed by atoms with Crippen LogP contribution in [0.15, 0.2) is 41.5 Å². The van der Waals surface area contributed by atoms with Crippen LogP contribution in [0.4, 0.5) is 9.80 Å². The van der Waals surface area contributed by atoms with E-state index in [2.05, 4.69) is 21.7 Å². The smallest absolute Gasteiger partial charge is 0.407 e. The van der Waals surface area contributed by atoms with E-state index in [-0.39, 0.29) is 11.8 Å². The molecule has 9 nitrogen and oxygen atoms in total. The zero-order valence-electron chi connectivity index (χ0n) is 18.0. The third-order valence-corrected chi connectivity index (χ3v) is 6.62. The number of aromatic nitrogens is 2. The van der Waals surface area contributed by atoms with Crippen LogP contribution in [0.1, 0.15) is 33.8 Å². The first kappa shape index (κ1) is 22.4. The minimum atomic E-state index is -0.481. The molecule has 0 spiro atoms. The number of nitriles is 1. The van der Waals surface area contributed by atoms with Gasteiger partial charge in [0.15, 0.2) is 0 Å². The van der Waals surface area contributed by atoms with E-state index >= 15 is 0 Å². The number of hydrogen-bond acceptors (Lipinski definition) is 7. The van der Waals surface area contributed by atoms with Crippen LogP contribution < -0.4 is 10.6 Å². The molecule has 0 fully saturated rings. The predicted octanol–water partition coefficient (Wildman–Crippen LogP) is 3.63. The van der Waals surface area contributed by atoms with Crippen molar-refractivity contribution in [3.63, 3.8) is 0 Å². The summed E-state index contributed by atoms with van der Waals surface area (Å²) in [5.74, 6) is 0.591. The molecule has 33 heavy (non-hydrogen) atoms. The lowest BCUT2D eigenvalue weighted by Crippen LogP contribution is -2.28. The van der Waals surface area contributed by atoms with E-state index in [9.17, 15) is 14.9 Å². The molecule has 3 heterocycles. The second kappa shape index (κ2) is 10.2. The molecule has 170 valence electrons. The number of nitrogens with zero attached hydrogens (tertiary/aromatic N) is 3. The molecule has 0 radical (unpaired) electrons. The van der Waals surface area contributed by atoms with Gasteiger partial charge in [0.25, 0.3) is 0 Å². The third kappa shape index (κ3) is 5.51. The highest BCUT2D eigenvalue weighted by molar-refractivity contribution is 7.16. The maximum atomic E-state index is 12.3. The molecule has 4 rings (SSSR count). The minimum absolute atomic E-state index is 0.158. The summed E-state index contributed by atoms with van der Waals surface area (Å²) in [7, 11) is 1.86. The van der Waals surface area contributed by atoms with Gasteiger partial charge in [-0.05, 0) is 42.9 Å². The molecule has 0 saturated heterocycles. The molecular formula is C23H23N5O4S. The van der Waals surface area contributed by atoms with Crippen LogP contribution in [-0.2, 0) is 36.0 Å². The Bertz CT molecular complexity index is 1200. The van der Waals surface area contributed by atoms with Crippen molar-refractivity contribution in [2.75, 3.05) is 11.9 Å². The molecule has 2 N–H and O–H groups in total. The van der Waals surface area contributed by atoms with E-state index in [1.165, 1.54) is 29.9 Å². The molecule has 1 aliphatic rings. The molecule has 3 aromatic rings. The maximum absolute atomic E-state index is 12.3. The fourth-order valence-electron chi connectivity index (χ4n) is 3.66. The summed E-state index contributed by atoms with van der Waals surface area (Å²) in [6, 6.07) is 3.98. The second-order valence-electron chi connectivity index (χ2n) is 7.71. The van der Waals surface area contributed by atoms with Crippen molar-refractivity contribution in [1.82, 2.24) is 14.9 Å². The van der Waals surface area contributed by atoms with Gasteiger partial charge in [-0.1, -0.05) is 0 Å². The average molecular weight is 466 g/mol. The Balaban J connectivity index is 1.31. The van der Waals surface area contributed by atoms with E-state index < -0.39 is 6.09 Å². The molecule has 0 aromatic carbocycles. The van der Waals surface area contributed by atoms with Crippen LogP contribution in [0, 0.1) is 17.2 Å². The van der Waals surface area contributed by atoms with Gasteiger partial charge >= 0.3 is 6.09 Å². The standard InChI is InChI=1S/C23H23N5O4S/c1-28-8-7-25-20(28)12-26-23(30)32-14-16-2-4-17-18(11-24)22(33-19(17)10-16)27-21(29)5-3-15-6-9-31-13-15/h3,5-9,13,16H,2,4,10,12,14H2,1H3,(H,26,30)(H,27,29). The molecule has 1 unspecified atom stereocenters. The van der Waals surface area contributed by atoms with Gasteiger partial charge in [0.05, 0.1) is 31.2 Å². The zero-order valence-corrected chi connectivity index (χ0v) is 18.9. The zero-order chi connectivity index (χ0) is 23.2. The van der Waals surface area contributed by atoms with Crippen LogP contribution in [0.3, 0.4) is 0 Å². The Hall–Kier alpha value is -3.84. The molecule has 1 aliphatic carbocycles. The van der Waals surface area contributed by atoms with Crippen molar-refractivity contribution >= 4 is 34.4 Å². The summed E-state index contributed by atoms with van der Waals surface area (Å²) < 4.78 is 12.2. The summed E-state index contributed by atoms with van der Waals surface area (Å²) in [5.41, 5.74) is 2.28. The highest BCUT2D eigenvalue weighted by Crippen LogP contribution is 2.39. The largest absolute Gasteiger partial charge is 0.472 e. The quantitative estimate of drug-likeness (QED) is 0.514. The van der Waals surface area contributed by atoms with Crippen LogP contribution in [0.5, 0.6) is 0 Å². The molecule has 10 heteroatoms. The Labute approximate surface area is 194 Å².